The summed E-state index contributed by atoms with van der Waals surface area (Å²) < 4.78 is 2.20. The maximum atomic E-state index is 12.2. The molecule has 3 aromatic rings. The van der Waals surface area contributed by atoms with Crippen LogP contribution < -0.4 is 11.2 Å². The lowest BCUT2D eigenvalue weighted by Crippen LogP contribution is -2.17. The topological polar surface area (TPSA) is 92.6 Å². The molecule has 1 atom stereocenters. The summed E-state index contributed by atoms with van der Waals surface area (Å²) in [6.45, 7) is 0.837. The van der Waals surface area contributed by atoms with Gasteiger partial charge < -0.3 is 15.4 Å². The summed E-state index contributed by atoms with van der Waals surface area (Å²) in [6.07, 6.45) is 10.6. The zero-order valence-electron chi connectivity index (χ0n) is 16.1. The van der Waals surface area contributed by atoms with E-state index in [2.05, 4.69) is 33.4 Å². The van der Waals surface area contributed by atoms with Crippen molar-refractivity contribution in [1.82, 2.24) is 9.99 Å². The number of rotatable bonds is 5. The number of nitrogens with zero attached hydrogens (tertiary/aromatic N) is 2. The lowest BCUT2D eigenvalue weighted by Gasteiger charge is -2.16. The van der Waals surface area contributed by atoms with Gasteiger partial charge in [0.15, 0.2) is 0 Å². The number of benzene rings is 2. The molecular formula is C23H21ClN4O2. The third-order valence-electron chi connectivity index (χ3n) is 5.06. The van der Waals surface area contributed by atoms with Crippen LogP contribution in [0.15, 0.2) is 77.0 Å². The van der Waals surface area contributed by atoms with Crippen LogP contribution in [0.2, 0.25) is 0 Å². The van der Waals surface area contributed by atoms with Crippen LogP contribution in [0.5, 0.6) is 5.75 Å². The third kappa shape index (κ3) is 4.23. The predicted octanol–water partition coefficient (Wildman–Crippen LogP) is 4.39. The van der Waals surface area contributed by atoms with E-state index in [1.54, 1.807) is 6.21 Å². The number of halogens is 1. The molecule has 7 heteroatoms. The van der Waals surface area contributed by atoms with Gasteiger partial charge in [0, 0.05) is 39.8 Å². The summed E-state index contributed by atoms with van der Waals surface area (Å²) >= 11 is 6.17. The van der Waals surface area contributed by atoms with Gasteiger partial charge in [-0.25, -0.2) is 5.43 Å². The van der Waals surface area contributed by atoms with Gasteiger partial charge in [-0.1, -0.05) is 35.9 Å². The van der Waals surface area contributed by atoms with Crippen molar-refractivity contribution in [2.45, 2.75) is 13.0 Å². The number of carbonyl (C=O) groups excluding carboxylic acids is 1. The van der Waals surface area contributed by atoms with Crippen molar-refractivity contribution >= 4 is 40.3 Å². The summed E-state index contributed by atoms with van der Waals surface area (Å²) in [5.41, 5.74) is 10.6. The Labute approximate surface area is 179 Å². The standard InChI is InChI=1S/C23H21ClN4O2/c24-18-5-1-3-15(11-18)14-28-10-9-19-17(4-2-6-21(19)28)13-26-27-23(30)16-7-8-22(29)20(25)12-16/h1-10,12-13,15,29H,11,14,25H2,(H,27,30)/b26-13+. The van der Waals surface area contributed by atoms with Gasteiger partial charge in [-0.3, -0.25) is 4.79 Å². The lowest BCUT2D eigenvalue weighted by atomic mass is 10.0. The van der Waals surface area contributed by atoms with Gasteiger partial charge in [0.25, 0.3) is 5.91 Å². The zero-order chi connectivity index (χ0) is 21.1. The van der Waals surface area contributed by atoms with Crippen molar-refractivity contribution in [2.24, 2.45) is 11.0 Å². The predicted molar refractivity (Wildman–Crippen MR) is 121 cm³/mol. The van der Waals surface area contributed by atoms with Gasteiger partial charge in [0.05, 0.1) is 11.9 Å². The Bertz CT molecular complexity index is 1190. The van der Waals surface area contributed by atoms with E-state index in [1.165, 1.54) is 18.2 Å². The van der Waals surface area contributed by atoms with E-state index in [4.69, 9.17) is 17.3 Å². The van der Waals surface area contributed by atoms with Crippen LogP contribution in [-0.2, 0) is 6.54 Å². The normalized spacial score (nSPS) is 16.2. The quantitative estimate of drug-likeness (QED) is 0.247. The van der Waals surface area contributed by atoms with Gasteiger partial charge in [-0.15, -0.1) is 0 Å². The minimum absolute atomic E-state index is 0.0618. The second-order valence-electron chi connectivity index (χ2n) is 7.18. The van der Waals surface area contributed by atoms with Gasteiger partial charge >= 0.3 is 0 Å². The Morgan fingerprint density at radius 1 is 1.33 bits per heavy atom. The van der Waals surface area contributed by atoms with Crippen LogP contribution in [0, 0.1) is 5.92 Å². The molecule has 0 spiro atoms. The number of carbonyl (C=O) groups is 1. The van der Waals surface area contributed by atoms with Crippen LogP contribution in [0.4, 0.5) is 5.69 Å². The number of fused-ring (bicyclic) bond motifs is 1. The van der Waals surface area contributed by atoms with Crippen molar-refractivity contribution in [3.8, 4) is 5.75 Å². The Balaban J connectivity index is 1.48. The highest BCUT2D eigenvalue weighted by Gasteiger charge is 2.13. The molecule has 2 aromatic carbocycles. The number of aromatic nitrogens is 1. The fraction of sp³-hybridized carbons (Fsp3) is 0.130. The van der Waals surface area contributed by atoms with Crippen molar-refractivity contribution in [1.29, 1.82) is 0 Å². The number of hydrogen-bond acceptors (Lipinski definition) is 4. The summed E-state index contributed by atoms with van der Waals surface area (Å²) in [5, 5.41) is 15.5. The van der Waals surface area contributed by atoms with E-state index in [9.17, 15) is 9.90 Å². The Morgan fingerprint density at radius 3 is 3.00 bits per heavy atom. The van der Waals surface area contributed by atoms with Crippen LogP contribution in [0.3, 0.4) is 0 Å². The highest BCUT2D eigenvalue weighted by molar-refractivity contribution is 6.29. The van der Waals surface area contributed by atoms with E-state index in [0.29, 0.717) is 11.5 Å². The second kappa shape index (κ2) is 8.47. The van der Waals surface area contributed by atoms with E-state index in [0.717, 1.165) is 34.5 Å². The number of nitrogen functional groups attached to an aromatic ring is 1. The van der Waals surface area contributed by atoms with Gasteiger partial charge in [-0.2, -0.15) is 5.10 Å². The van der Waals surface area contributed by atoms with Crippen molar-refractivity contribution in [3.63, 3.8) is 0 Å². The minimum atomic E-state index is -0.406. The summed E-state index contributed by atoms with van der Waals surface area (Å²) in [6, 6.07) is 12.3. The number of nitrogens with two attached hydrogens (primary N) is 1. The molecule has 152 valence electrons. The Morgan fingerprint density at radius 2 is 2.20 bits per heavy atom. The number of nitrogens with one attached hydrogen (secondary N) is 1. The molecule has 0 saturated carbocycles. The molecule has 1 unspecified atom stereocenters. The molecule has 1 amide bonds. The average molecular weight is 421 g/mol. The number of hydrogen-bond donors (Lipinski definition) is 3. The first-order valence-electron chi connectivity index (χ1n) is 9.54. The third-order valence-corrected chi connectivity index (χ3v) is 5.34. The largest absolute Gasteiger partial charge is 0.506 e. The van der Waals surface area contributed by atoms with Crippen LogP contribution in [0.25, 0.3) is 10.9 Å². The molecule has 1 aromatic heterocycles. The Hall–Kier alpha value is -3.51. The first-order valence-corrected chi connectivity index (χ1v) is 9.91. The average Bonchev–Trinajstić information content (AvgIpc) is 3.13. The number of anilines is 1. The molecule has 0 radical (unpaired) electrons. The van der Waals surface area contributed by atoms with E-state index < -0.39 is 5.91 Å². The SMILES string of the molecule is Nc1cc(C(=O)N/N=C/c2cccc3c2ccn3CC2C=CC=C(Cl)C2)ccc1O. The fourth-order valence-electron chi connectivity index (χ4n) is 3.52. The molecular weight excluding hydrogens is 400 g/mol. The molecule has 30 heavy (non-hydrogen) atoms. The van der Waals surface area contributed by atoms with Crippen LogP contribution in [-0.4, -0.2) is 21.8 Å². The molecule has 1 aliphatic carbocycles. The lowest BCUT2D eigenvalue weighted by molar-refractivity contribution is 0.0955. The zero-order valence-corrected chi connectivity index (χ0v) is 16.9. The summed E-state index contributed by atoms with van der Waals surface area (Å²) in [5.74, 6) is -0.113. The molecule has 0 fully saturated rings. The molecule has 6 nitrogen and oxygen atoms in total. The molecule has 0 saturated heterocycles. The van der Waals surface area contributed by atoms with Crippen molar-refractivity contribution < 1.29 is 9.90 Å². The van der Waals surface area contributed by atoms with Crippen molar-refractivity contribution in [2.75, 3.05) is 5.73 Å². The monoisotopic (exact) mass is 420 g/mol. The smallest absolute Gasteiger partial charge is 0.271 e. The van der Waals surface area contributed by atoms with Gasteiger partial charge in [-0.05, 0) is 48.7 Å². The first kappa shape index (κ1) is 19.8. The van der Waals surface area contributed by atoms with Gasteiger partial charge in [0.2, 0.25) is 0 Å². The summed E-state index contributed by atoms with van der Waals surface area (Å²) in [4.78, 5) is 12.2. The molecule has 4 rings (SSSR count). The molecule has 0 aliphatic heterocycles. The highest BCUT2D eigenvalue weighted by atomic mass is 35.5. The van der Waals surface area contributed by atoms with Crippen LogP contribution >= 0.6 is 11.6 Å². The molecule has 0 bridgehead atoms. The van der Waals surface area contributed by atoms with E-state index in [-0.39, 0.29) is 11.4 Å². The molecule has 1 aliphatic rings. The maximum absolute atomic E-state index is 12.2. The van der Waals surface area contributed by atoms with Crippen LogP contribution in [0.1, 0.15) is 22.3 Å². The van der Waals surface area contributed by atoms with Gasteiger partial charge in [0.1, 0.15) is 5.75 Å². The number of amides is 1. The number of phenolic OH excluding ortho intramolecular Hbond substituents is 1. The summed E-state index contributed by atoms with van der Waals surface area (Å²) in [7, 11) is 0. The number of hydrazone groups is 1. The second-order valence-corrected chi connectivity index (χ2v) is 7.67. The molecule has 1 heterocycles. The Kier molecular flexibility index (Phi) is 5.59. The van der Waals surface area contributed by atoms with E-state index in [1.807, 2.05) is 30.4 Å². The van der Waals surface area contributed by atoms with Crippen molar-refractivity contribution in [3.05, 3.63) is 83.0 Å². The molecule has 4 N–H and O–H groups in total. The highest BCUT2D eigenvalue weighted by Crippen LogP contribution is 2.26. The maximum Gasteiger partial charge on any atom is 0.271 e. The number of allylic oxidation sites excluding steroid dienone is 4. The number of phenols is 1. The van der Waals surface area contributed by atoms with E-state index >= 15 is 0 Å². The fourth-order valence-corrected chi connectivity index (χ4v) is 3.79. The minimum Gasteiger partial charge on any atom is -0.506 e. The first-order chi connectivity index (χ1) is 14.5. The number of aromatic hydroxyl groups is 1.